The summed E-state index contributed by atoms with van der Waals surface area (Å²) in [5.41, 5.74) is 1.59. The van der Waals surface area contributed by atoms with E-state index in [1.807, 2.05) is 24.3 Å². The lowest BCUT2D eigenvalue weighted by Gasteiger charge is -2.23. The Kier molecular flexibility index (Phi) is 5.76. The van der Waals surface area contributed by atoms with Gasteiger partial charge in [0, 0.05) is 12.3 Å². The number of esters is 1. The molecule has 1 atom stereocenters. The molecule has 2 heterocycles. The standard InChI is InChI=1S/C22H19FN2O4S/c1-14(26)25(19-8-4-3-7-18(19)23)22-24-17(13-30-22)12-29-21(27)16-10-15-6-2-5-9-20(15)28-11-16/h2-9,13,16H,10-12H2,1H3. The SMILES string of the molecule is CC(=O)N(c1nc(COC(=O)C2COc3ccccc3C2)cs1)c1ccccc1F. The molecule has 30 heavy (non-hydrogen) atoms. The van der Waals surface area contributed by atoms with Crippen LogP contribution in [0.25, 0.3) is 0 Å². The van der Waals surface area contributed by atoms with Crippen LogP contribution >= 0.6 is 11.3 Å². The first-order valence-electron chi connectivity index (χ1n) is 9.40. The van der Waals surface area contributed by atoms with E-state index in [1.54, 1.807) is 17.5 Å². The predicted octanol–water partition coefficient (Wildman–Crippen LogP) is 4.26. The van der Waals surface area contributed by atoms with Gasteiger partial charge in [0.05, 0.1) is 17.3 Å². The molecule has 0 saturated heterocycles. The van der Waals surface area contributed by atoms with Gasteiger partial charge in [-0.1, -0.05) is 30.3 Å². The summed E-state index contributed by atoms with van der Waals surface area (Å²) < 4.78 is 25.2. The van der Waals surface area contributed by atoms with Gasteiger partial charge in [0.25, 0.3) is 0 Å². The Bertz CT molecular complexity index is 1080. The summed E-state index contributed by atoms with van der Waals surface area (Å²) in [6.45, 7) is 1.58. The zero-order valence-corrected chi connectivity index (χ0v) is 17.0. The van der Waals surface area contributed by atoms with Gasteiger partial charge in [-0.15, -0.1) is 11.3 Å². The lowest BCUT2D eigenvalue weighted by Crippen LogP contribution is -2.29. The van der Waals surface area contributed by atoms with Gasteiger partial charge in [0.15, 0.2) is 5.13 Å². The fourth-order valence-corrected chi connectivity index (χ4v) is 4.11. The third kappa shape index (κ3) is 4.18. The molecule has 0 radical (unpaired) electrons. The first-order valence-corrected chi connectivity index (χ1v) is 10.3. The molecular formula is C22H19FN2O4S. The number of rotatable bonds is 5. The van der Waals surface area contributed by atoms with Gasteiger partial charge in [-0.3, -0.25) is 14.5 Å². The Labute approximate surface area is 176 Å². The number of benzene rings is 2. The Hall–Kier alpha value is -3.26. The van der Waals surface area contributed by atoms with Gasteiger partial charge in [0.2, 0.25) is 5.91 Å². The fourth-order valence-electron chi connectivity index (χ4n) is 3.25. The van der Waals surface area contributed by atoms with Crippen LogP contribution in [-0.4, -0.2) is 23.5 Å². The average Bonchev–Trinajstić information content (AvgIpc) is 3.21. The number of anilines is 2. The van der Waals surface area contributed by atoms with Gasteiger partial charge >= 0.3 is 5.97 Å². The molecule has 0 bridgehead atoms. The minimum Gasteiger partial charge on any atom is -0.492 e. The molecule has 0 N–H and O–H groups in total. The van der Waals surface area contributed by atoms with Crippen LogP contribution in [0.4, 0.5) is 15.2 Å². The molecule has 1 amide bonds. The van der Waals surface area contributed by atoms with Crippen molar-refractivity contribution in [3.05, 3.63) is 71.0 Å². The van der Waals surface area contributed by atoms with Crippen molar-refractivity contribution in [2.45, 2.75) is 20.0 Å². The third-order valence-electron chi connectivity index (χ3n) is 4.71. The largest absolute Gasteiger partial charge is 0.492 e. The number of hydrogen-bond acceptors (Lipinski definition) is 6. The second-order valence-corrected chi connectivity index (χ2v) is 7.69. The number of amides is 1. The van der Waals surface area contributed by atoms with E-state index in [-0.39, 0.29) is 36.7 Å². The molecule has 1 unspecified atom stereocenters. The number of carbonyl (C=O) groups is 2. The number of nitrogens with zero attached hydrogens (tertiary/aromatic N) is 2. The Morgan fingerprint density at radius 3 is 2.80 bits per heavy atom. The second kappa shape index (κ2) is 8.62. The molecule has 154 valence electrons. The molecule has 1 aliphatic rings. The molecular weight excluding hydrogens is 407 g/mol. The van der Waals surface area contributed by atoms with Crippen LogP contribution in [0.15, 0.2) is 53.9 Å². The first kappa shape index (κ1) is 20.0. The highest BCUT2D eigenvalue weighted by molar-refractivity contribution is 7.14. The molecule has 0 saturated carbocycles. The van der Waals surface area contributed by atoms with Crippen LogP contribution in [-0.2, 0) is 27.4 Å². The van der Waals surface area contributed by atoms with Crippen molar-refractivity contribution in [3.63, 3.8) is 0 Å². The second-order valence-electron chi connectivity index (χ2n) is 6.85. The molecule has 0 fully saturated rings. The number of aromatic nitrogens is 1. The maximum Gasteiger partial charge on any atom is 0.313 e. The summed E-state index contributed by atoms with van der Waals surface area (Å²) in [5.74, 6) is -0.839. The summed E-state index contributed by atoms with van der Waals surface area (Å²) in [5, 5.41) is 2.00. The number of ether oxygens (including phenoxy) is 2. The number of fused-ring (bicyclic) bond motifs is 1. The number of halogens is 1. The predicted molar refractivity (Wildman–Crippen MR) is 110 cm³/mol. The quantitative estimate of drug-likeness (QED) is 0.570. The lowest BCUT2D eigenvalue weighted by atomic mass is 9.97. The van der Waals surface area contributed by atoms with Gasteiger partial charge in [-0.05, 0) is 30.2 Å². The van der Waals surface area contributed by atoms with Gasteiger partial charge < -0.3 is 9.47 Å². The molecule has 6 nitrogen and oxygen atoms in total. The summed E-state index contributed by atoms with van der Waals surface area (Å²) in [6, 6.07) is 13.6. The minimum absolute atomic E-state index is 0.0313. The van der Waals surface area contributed by atoms with Crippen molar-refractivity contribution < 1.29 is 23.5 Å². The van der Waals surface area contributed by atoms with Crippen molar-refractivity contribution in [3.8, 4) is 5.75 Å². The van der Waals surface area contributed by atoms with Crippen LogP contribution < -0.4 is 9.64 Å². The topological polar surface area (TPSA) is 68.7 Å². The Balaban J connectivity index is 1.42. The number of para-hydroxylation sites is 2. The van der Waals surface area contributed by atoms with Crippen molar-refractivity contribution in [1.29, 1.82) is 0 Å². The fraction of sp³-hybridized carbons (Fsp3) is 0.227. The summed E-state index contributed by atoms with van der Waals surface area (Å²) in [4.78, 5) is 30.1. The van der Waals surface area contributed by atoms with E-state index in [2.05, 4.69) is 4.98 Å². The van der Waals surface area contributed by atoms with Crippen LogP contribution in [0.5, 0.6) is 5.75 Å². The van der Waals surface area contributed by atoms with Crippen LogP contribution in [0, 0.1) is 11.7 Å². The number of thiazole rings is 1. The maximum atomic E-state index is 14.2. The van der Waals surface area contributed by atoms with Crippen molar-refractivity contribution in [2.24, 2.45) is 5.92 Å². The van der Waals surface area contributed by atoms with Gasteiger partial charge in [-0.25, -0.2) is 9.37 Å². The van der Waals surface area contributed by atoms with Crippen molar-refractivity contribution in [1.82, 2.24) is 4.98 Å². The Morgan fingerprint density at radius 1 is 1.23 bits per heavy atom. The molecule has 0 aliphatic carbocycles. The van der Waals surface area contributed by atoms with E-state index in [0.29, 0.717) is 17.2 Å². The molecule has 0 spiro atoms. The average molecular weight is 426 g/mol. The summed E-state index contributed by atoms with van der Waals surface area (Å²) in [7, 11) is 0. The lowest BCUT2D eigenvalue weighted by molar-refractivity contribution is -0.151. The monoisotopic (exact) mass is 426 g/mol. The van der Waals surface area contributed by atoms with Gasteiger partial charge in [-0.2, -0.15) is 0 Å². The van der Waals surface area contributed by atoms with E-state index in [1.165, 1.54) is 35.3 Å². The minimum atomic E-state index is -0.520. The zero-order valence-electron chi connectivity index (χ0n) is 16.2. The molecule has 8 heteroatoms. The Morgan fingerprint density at radius 2 is 2.00 bits per heavy atom. The van der Waals surface area contributed by atoms with E-state index in [0.717, 1.165) is 11.3 Å². The first-order chi connectivity index (χ1) is 14.5. The van der Waals surface area contributed by atoms with E-state index >= 15 is 0 Å². The molecule has 1 aromatic heterocycles. The summed E-state index contributed by atoms with van der Waals surface area (Å²) >= 11 is 1.18. The number of carbonyl (C=O) groups excluding carboxylic acids is 2. The van der Waals surface area contributed by atoms with E-state index < -0.39 is 5.82 Å². The van der Waals surface area contributed by atoms with Crippen LogP contribution in [0.1, 0.15) is 18.2 Å². The molecule has 3 aromatic rings. The molecule has 1 aliphatic heterocycles. The van der Waals surface area contributed by atoms with E-state index in [4.69, 9.17) is 9.47 Å². The zero-order chi connectivity index (χ0) is 21.1. The van der Waals surface area contributed by atoms with Gasteiger partial charge in [0.1, 0.15) is 24.8 Å². The van der Waals surface area contributed by atoms with Crippen molar-refractivity contribution in [2.75, 3.05) is 11.5 Å². The molecule has 2 aromatic carbocycles. The molecule has 4 rings (SSSR count). The normalized spacial score (nSPS) is 15.1. The van der Waals surface area contributed by atoms with E-state index in [9.17, 15) is 14.0 Å². The highest BCUT2D eigenvalue weighted by Gasteiger charge is 2.27. The van der Waals surface area contributed by atoms with Crippen LogP contribution in [0.2, 0.25) is 0 Å². The summed E-state index contributed by atoms with van der Waals surface area (Å²) in [6.07, 6.45) is 0.558. The van der Waals surface area contributed by atoms with Crippen LogP contribution in [0.3, 0.4) is 0 Å². The smallest absolute Gasteiger partial charge is 0.313 e. The highest BCUT2D eigenvalue weighted by Crippen LogP contribution is 2.31. The van der Waals surface area contributed by atoms with Crippen molar-refractivity contribution >= 4 is 34.0 Å². The highest BCUT2D eigenvalue weighted by atomic mass is 32.1. The number of hydrogen-bond donors (Lipinski definition) is 0. The third-order valence-corrected chi connectivity index (χ3v) is 5.59. The maximum absolute atomic E-state index is 14.2.